The molecule has 0 unspecified atom stereocenters. The lowest BCUT2D eigenvalue weighted by molar-refractivity contribution is 0.0309. The van der Waals surface area contributed by atoms with Crippen molar-refractivity contribution < 1.29 is 14.3 Å². The van der Waals surface area contributed by atoms with E-state index in [-0.39, 0.29) is 30.0 Å². The molecule has 4 heterocycles. The lowest BCUT2D eigenvalue weighted by Crippen LogP contribution is -2.54. The number of nitriles is 1. The monoisotopic (exact) mass is 493 g/mol. The van der Waals surface area contributed by atoms with Crippen LogP contribution in [0, 0.1) is 17.2 Å². The zero-order valence-corrected chi connectivity index (χ0v) is 20.4. The number of aromatic nitrogens is 4. The number of piperidine rings is 1. The van der Waals surface area contributed by atoms with Crippen molar-refractivity contribution >= 4 is 17.9 Å². The number of anilines is 2. The van der Waals surface area contributed by atoms with Gasteiger partial charge in [-0.15, -0.1) is 0 Å². The van der Waals surface area contributed by atoms with Gasteiger partial charge in [-0.1, -0.05) is 0 Å². The van der Waals surface area contributed by atoms with Crippen molar-refractivity contribution in [3.63, 3.8) is 0 Å². The predicted molar refractivity (Wildman–Crippen MR) is 131 cm³/mol. The highest BCUT2D eigenvalue weighted by Crippen LogP contribution is 2.32. The normalized spacial score (nSPS) is 22.4. The summed E-state index contributed by atoms with van der Waals surface area (Å²) in [6, 6.07) is 4.24. The largest absolute Gasteiger partial charge is 0.474 e. The molecule has 5 rings (SSSR count). The first-order chi connectivity index (χ1) is 17.5. The maximum atomic E-state index is 12.9. The van der Waals surface area contributed by atoms with Crippen molar-refractivity contribution in [1.29, 1.82) is 5.26 Å². The molecule has 0 atom stereocenters. The van der Waals surface area contributed by atoms with E-state index in [1.54, 1.807) is 18.5 Å². The molecule has 0 bridgehead atoms. The van der Waals surface area contributed by atoms with Crippen LogP contribution in [0.25, 0.3) is 11.3 Å². The van der Waals surface area contributed by atoms with E-state index in [2.05, 4.69) is 25.9 Å². The van der Waals surface area contributed by atoms with E-state index in [1.165, 1.54) is 0 Å². The van der Waals surface area contributed by atoms with Gasteiger partial charge in [0.15, 0.2) is 0 Å². The Kier molecular flexibility index (Phi) is 6.99. The van der Waals surface area contributed by atoms with E-state index in [0.29, 0.717) is 56.9 Å². The Morgan fingerprint density at radius 1 is 1.17 bits per heavy atom. The fourth-order valence-electron chi connectivity index (χ4n) is 4.70. The van der Waals surface area contributed by atoms with E-state index in [4.69, 9.17) is 25.5 Å². The molecular weight excluding hydrogens is 462 g/mol. The smallest absolute Gasteiger partial charge is 0.319 e. The van der Waals surface area contributed by atoms with Crippen LogP contribution in [0.5, 0.6) is 5.88 Å². The van der Waals surface area contributed by atoms with Crippen molar-refractivity contribution in [2.24, 2.45) is 5.92 Å². The van der Waals surface area contributed by atoms with Crippen LogP contribution < -0.4 is 15.4 Å². The summed E-state index contributed by atoms with van der Waals surface area (Å²) >= 11 is 0. The highest BCUT2D eigenvalue weighted by atomic mass is 16.5. The Balaban J connectivity index is 1.24. The number of rotatable bonds is 5. The van der Waals surface area contributed by atoms with Gasteiger partial charge in [0.1, 0.15) is 6.10 Å². The molecule has 2 saturated heterocycles. The molecule has 3 aliphatic rings. The molecule has 0 aromatic carbocycles. The summed E-state index contributed by atoms with van der Waals surface area (Å²) in [5, 5.41) is 9.09. The third-order valence-corrected chi connectivity index (χ3v) is 7.11. The van der Waals surface area contributed by atoms with E-state index in [0.717, 1.165) is 31.2 Å². The van der Waals surface area contributed by atoms with Crippen LogP contribution in [0.1, 0.15) is 25.7 Å². The Morgan fingerprint density at radius 3 is 2.53 bits per heavy atom. The maximum absolute atomic E-state index is 12.9. The van der Waals surface area contributed by atoms with E-state index < -0.39 is 0 Å². The molecule has 12 heteroatoms. The maximum Gasteiger partial charge on any atom is 0.319 e. The van der Waals surface area contributed by atoms with Gasteiger partial charge in [0.05, 0.1) is 25.0 Å². The Morgan fingerprint density at radius 2 is 1.86 bits per heavy atom. The van der Waals surface area contributed by atoms with Gasteiger partial charge in [0.2, 0.25) is 17.8 Å². The number of nitrogen functional groups attached to an aromatic ring is 1. The van der Waals surface area contributed by atoms with Crippen LogP contribution in [0.15, 0.2) is 18.5 Å². The summed E-state index contributed by atoms with van der Waals surface area (Å²) in [4.78, 5) is 36.2. The van der Waals surface area contributed by atoms with Gasteiger partial charge in [0, 0.05) is 82.1 Å². The Hall–Kier alpha value is -3.72. The molecule has 2 amide bonds. The first-order valence-electron chi connectivity index (χ1n) is 12.4. The second-order valence-corrected chi connectivity index (χ2v) is 9.47. The molecule has 12 nitrogen and oxygen atoms in total. The van der Waals surface area contributed by atoms with Gasteiger partial charge in [-0.2, -0.15) is 10.2 Å². The molecule has 0 radical (unpaired) electrons. The zero-order valence-electron chi connectivity index (χ0n) is 20.4. The Bertz CT molecular complexity index is 1100. The van der Waals surface area contributed by atoms with Crippen molar-refractivity contribution in [3.8, 4) is 23.2 Å². The molecule has 0 spiro atoms. The van der Waals surface area contributed by atoms with Crippen LogP contribution in [0.3, 0.4) is 0 Å². The summed E-state index contributed by atoms with van der Waals surface area (Å²) in [6.07, 6.45) is 6.17. The number of ether oxygens (including phenoxy) is 2. The van der Waals surface area contributed by atoms with Crippen molar-refractivity contribution in [1.82, 2.24) is 29.7 Å². The highest BCUT2D eigenvalue weighted by Gasteiger charge is 2.38. The van der Waals surface area contributed by atoms with Crippen molar-refractivity contribution in [2.45, 2.75) is 37.8 Å². The average molecular weight is 494 g/mol. The summed E-state index contributed by atoms with van der Waals surface area (Å²) < 4.78 is 11.7. The fourth-order valence-corrected chi connectivity index (χ4v) is 4.70. The first-order valence-corrected chi connectivity index (χ1v) is 12.4. The van der Waals surface area contributed by atoms with E-state index in [1.807, 2.05) is 16.8 Å². The molecule has 3 fully saturated rings. The van der Waals surface area contributed by atoms with Crippen molar-refractivity contribution in [3.05, 3.63) is 18.5 Å². The van der Waals surface area contributed by atoms with Crippen LogP contribution in [-0.2, 0) is 4.74 Å². The summed E-state index contributed by atoms with van der Waals surface area (Å²) in [5.74, 6) is 1.31. The van der Waals surface area contributed by atoms with Crippen LogP contribution >= 0.6 is 0 Å². The third kappa shape index (κ3) is 5.26. The minimum atomic E-state index is -0.0440. The molecule has 2 aliphatic heterocycles. The number of carbonyl (C=O) groups excluding carboxylic acids is 1. The number of hydrogen-bond donors (Lipinski definition) is 1. The van der Waals surface area contributed by atoms with E-state index >= 15 is 0 Å². The standard InChI is InChI=1S/C24H31N9O3/c1-31(24(34)33-4-2-16(13-25)3-5-33)18-10-19(11-18)36-21-12-20(17-14-27-22(26)28-15-17)29-23(30-21)32-6-8-35-9-7-32/h12,14-16,18-19H,2-11H2,1H3,(H2,26,27,28). The zero-order chi connectivity index (χ0) is 25.1. The number of nitrogens with two attached hydrogens (primary N) is 1. The number of likely N-dealkylation sites (tertiary alicyclic amines) is 1. The van der Waals surface area contributed by atoms with Crippen LogP contribution in [-0.4, -0.2) is 94.4 Å². The number of morpholine rings is 1. The topological polar surface area (TPSA) is 147 Å². The second kappa shape index (κ2) is 10.5. The fraction of sp³-hybridized carbons (Fsp3) is 0.583. The minimum Gasteiger partial charge on any atom is -0.474 e. The molecule has 2 N–H and O–H groups in total. The minimum absolute atomic E-state index is 0.0251. The van der Waals surface area contributed by atoms with Gasteiger partial charge < -0.3 is 29.9 Å². The second-order valence-electron chi connectivity index (χ2n) is 9.47. The molecule has 2 aromatic rings. The highest BCUT2D eigenvalue weighted by molar-refractivity contribution is 5.74. The van der Waals surface area contributed by atoms with Crippen molar-refractivity contribution in [2.75, 3.05) is 57.1 Å². The number of nitrogens with zero attached hydrogens (tertiary/aromatic N) is 8. The molecular formula is C24H31N9O3. The van der Waals surface area contributed by atoms with Crippen LogP contribution in [0.2, 0.25) is 0 Å². The number of carbonyl (C=O) groups is 1. The summed E-state index contributed by atoms with van der Waals surface area (Å²) in [6.45, 7) is 3.91. The van der Waals surface area contributed by atoms with Gasteiger partial charge in [-0.3, -0.25) is 0 Å². The average Bonchev–Trinajstić information content (AvgIpc) is 2.90. The third-order valence-electron chi connectivity index (χ3n) is 7.11. The number of hydrogen-bond acceptors (Lipinski definition) is 10. The Labute approximate surface area is 210 Å². The van der Waals surface area contributed by atoms with Crippen LogP contribution in [0.4, 0.5) is 16.7 Å². The quantitative estimate of drug-likeness (QED) is 0.650. The lowest BCUT2D eigenvalue weighted by atomic mass is 9.88. The summed E-state index contributed by atoms with van der Waals surface area (Å²) in [5.41, 5.74) is 7.03. The molecule has 190 valence electrons. The van der Waals surface area contributed by atoms with Gasteiger partial charge in [-0.25, -0.2) is 19.7 Å². The first kappa shape index (κ1) is 24.0. The lowest BCUT2D eigenvalue weighted by Gasteiger charge is -2.43. The number of amides is 2. The SMILES string of the molecule is CN(C(=O)N1CCC(C#N)CC1)C1CC(Oc2cc(-c3cnc(N)nc3)nc(N3CCOCC3)n2)C1. The molecule has 36 heavy (non-hydrogen) atoms. The molecule has 1 saturated carbocycles. The van der Waals surface area contributed by atoms with Gasteiger partial charge >= 0.3 is 6.03 Å². The van der Waals surface area contributed by atoms with Gasteiger partial charge in [-0.05, 0) is 12.8 Å². The number of urea groups is 1. The van der Waals surface area contributed by atoms with Gasteiger partial charge in [0.25, 0.3) is 0 Å². The van der Waals surface area contributed by atoms with E-state index in [9.17, 15) is 4.79 Å². The molecule has 2 aromatic heterocycles. The molecule has 1 aliphatic carbocycles. The predicted octanol–water partition coefficient (Wildman–Crippen LogP) is 1.55. The summed E-state index contributed by atoms with van der Waals surface area (Å²) in [7, 11) is 1.85.